The van der Waals surface area contributed by atoms with Gasteiger partial charge in [-0.1, -0.05) is 11.1 Å². The minimum Gasteiger partial charge on any atom is -0.595 e. The highest BCUT2D eigenvalue weighted by Crippen LogP contribution is 2.09. The lowest BCUT2D eigenvalue weighted by atomic mass is 10.4. The van der Waals surface area contributed by atoms with Gasteiger partial charge in [0.1, 0.15) is 19.7 Å². The van der Waals surface area contributed by atoms with E-state index < -0.39 is 14.0 Å². The van der Waals surface area contributed by atoms with E-state index in [0.29, 0.717) is 23.1 Å². The molecule has 1 unspecified atom stereocenters. The minimum absolute atomic E-state index is 0.150. The average molecular weight is 248 g/mol. The van der Waals surface area contributed by atoms with Gasteiger partial charge in [-0.15, -0.1) is 0 Å². The second-order valence-electron chi connectivity index (χ2n) is 4.36. The third kappa shape index (κ3) is 7.51. The molecule has 0 amide bonds. The summed E-state index contributed by atoms with van der Waals surface area (Å²) in [6, 6.07) is 0. The molecule has 0 bridgehead atoms. The van der Waals surface area contributed by atoms with Crippen LogP contribution >= 0.6 is 8.03 Å². The molecule has 0 radical (unpaired) electrons. The SMILES string of the molecule is C=C(C)C(=O)OCC[N+](C)(C)CC[P+](=O)[O-]. The molecule has 0 saturated carbocycles. The van der Waals surface area contributed by atoms with Crippen LogP contribution < -0.4 is 4.89 Å². The quantitative estimate of drug-likeness (QED) is 0.281. The Labute approximate surface area is 97.2 Å². The van der Waals surface area contributed by atoms with Crippen molar-refractivity contribution in [1.82, 2.24) is 0 Å². The summed E-state index contributed by atoms with van der Waals surface area (Å²) in [7, 11) is 1.45. The second kappa shape index (κ2) is 6.74. The first kappa shape index (κ1) is 15.2. The molecule has 16 heavy (non-hydrogen) atoms. The zero-order chi connectivity index (χ0) is 12.8. The van der Waals surface area contributed by atoms with Crippen LogP contribution in [-0.2, 0) is 14.1 Å². The van der Waals surface area contributed by atoms with Crippen LogP contribution in [-0.4, -0.2) is 50.4 Å². The summed E-state index contributed by atoms with van der Waals surface area (Å²) >= 11 is 0. The van der Waals surface area contributed by atoms with E-state index in [1.165, 1.54) is 0 Å². The summed E-state index contributed by atoms with van der Waals surface area (Å²) in [4.78, 5) is 21.5. The molecule has 0 aromatic heterocycles. The Bertz CT molecular complexity index is 289. The zero-order valence-corrected chi connectivity index (χ0v) is 11.0. The lowest BCUT2D eigenvalue weighted by molar-refractivity contribution is -0.888. The van der Waals surface area contributed by atoms with Crippen molar-refractivity contribution < 1.29 is 23.5 Å². The molecule has 5 nitrogen and oxygen atoms in total. The van der Waals surface area contributed by atoms with E-state index in [-0.39, 0.29) is 12.8 Å². The number of rotatable bonds is 7. The fraction of sp³-hybridized carbons (Fsp3) is 0.700. The van der Waals surface area contributed by atoms with Crippen molar-refractivity contribution in [2.24, 2.45) is 0 Å². The highest BCUT2D eigenvalue weighted by Gasteiger charge is 2.19. The van der Waals surface area contributed by atoms with Crippen molar-refractivity contribution in [3.05, 3.63) is 12.2 Å². The molecular weight excluding hydrogens is 229 g/mol. The molecule has 0 fully saturated rings. The number of carbonyl (C=O) groups excluding carboxylic acids is 1. The van der Waals surface area contributed by atoms with E-state index in [1.807, 2.05) is 14.1 Å². The Morgan fingerprint density at radius 3 is 2.44 bits per heavy atom. The lowest BCUT2D eigenvalue weighted by Crippen LogP contribution is -2.44. The van der Waals surface area contributed by atoms with E-state index in [4.69, 9.17) is 4.74 Å². The maximum Gasteiger partial charge on any atom is 0.333 e. The first-order valence-corrected chi connectivity index (χ1v) is 6.37. The molecule has 0 spiro atoms. The third-order valence-electron chi connectivity index (χ3n) is 2.17. The van der Waals surface area contributed by atoms with Crippen molar-refractivity contribution in [1.29, 1.82) is 0 Å². The molecule has 0 aliphatic heterocycles. The van der Waals surface area contributed by atoms with Crippen LogP contribution in [0.1, 0.15) is 6.92 Å². The predicted molar refractivity (Wildman–Crippen MR) is 60.1 cm³/mol. The Morgan fingerprint density at radius 2 is 2.00 bits per heavy atom. The summed E-state index contributed by atoms with van der Waals surface area (Å²) in [5.74, 6) is -0.407. The molecule has 0 aliphatic rings. The van der Waals surface area contributed by atoms with Crippen molar-refractivity contribution in [3.63, 3.8) is 0 Å². The Morgan fingerprint density at radius 1 is 1.44 bits per heavy atom. The van der Waals surface area contributed by atoms with Gasteiger partial charge in [-0.25, -0.2) is 4.79 Å². The van der Waals surface area contributed by atoms with Gasteiger partial charge in [0.25, 0.3) is 0 Å². The van der Waals surface area contributed by atoms with Crippen molar-refractivity contribution in [3.8, 4) is 0 Å². The topological polar surface area (TPSA) is 66.4 Å². The molecule has 6 heteroatoms. The Balaban J connectivity index is 3.86. The summed E-state index contributed by atoms with van der Waals surface area (Å²) < 4.78 is 15.9. The smallest absolute Gasteiger partial charge is 0.333 e. The molecule has 0 aliphatic carbocycles. The zero-order valence-electron chi connectivity index (χ0n) is 10.1. The molecule has 0 N–H and O–H groups in total. The van der Waals surface area contributed by atoms with Gasteiger partial charge >= 0.3 is 14.0 Å². The second-order valence-corrected chi connectivity index (χ2v) is 5.47. The maximum absolute atomic E-state index is 11.1. The number of quaternary nitrogens is 1. The van der Waals surface area contributed by atoms with Gasteiger partial charge in [0.15, 0.2) is 6.16 Å². The van der Waals surface area contributed by atoms with E-state index in [1.54, 1.807) is 6.92 Å². The third-order valence-corrected chi connectivity index (χ3v) is 2.73. The fourth-order valence-electron chi connectivity index (χ4n) is 0.973. The average Bonchev–Trinajstić information content (AvgIpc) is 2.14. The Hall–Kier alpha value is -0.770. The van der Waals surface area contributed by atoms with Gasteiger partial charge in [0.2, 0.25) is 0 Å². The number of hydrogen-bond acceptors (Lipinski definition) is 4. The first-order valence-electron chi connectivity index (χ1n) is 5.01. The van der Waals surface area contributed by atoms with Crippen molar-refractivity contribution >= 4 is 14.0 Å². The van der Waals surface area contributed by atoms with E-state index in [9.17, 15) is 14.3 Å². The summed E-state index contributed by atoms with van der Waals surface area (Å²) in [6.07, 6.45) is 0.150. The summed E-state index contributed by atoms with van der Waals surface area (Å²) in [6.45, 7) is 6.43. The monoisotopic (exact) mass is 248 g/mol. The number of esters is 1. The minimum atomic E-state index is -2.34. The molecular formula is C10H19NO4P+. The molecule has 0 saturated heterocycles. The number of carbonyl (C=O) groups is 1. The molecule has 1 atom stereocenters. The van der Waals surface area contributed by atoms with E-state index >= 15 is 0 Å². The highest BCUT2D eigenvalue weighted by molar-refractivity contribution is 7.36. The number of nitrogens with zero attached hydrogens (tertiary/aromatic N) is 1. The van der Waals surface area contributed by atoms with Crippen LogP contribution in [0.2, 0.25) is 0 Å². The predicted octanol–water partition coefficient (Wildman–Crippen LogP) is 0.285. The van der Waals surface area contributed by atoms with Gasteiger partial charge in [0, 0.05) is 5.57 Å². The van der Waals surface area contributed by atoms with Gasteiger partial charge in [0.05, 0.1) is 14.1 Å². The van der Waals surface area contributed by atoms with E-state index in [0.717, 1.165) is 0 Å². The molecule has 0 aromatic carbocycles. The van der Waals surface area contributed by atoms with Gasteiger partial charge in [-0.05, 0) is 6.92 Å². The first-order chi connectivity index (χ1) is 7.24. The Kier molecular flexibility index (Phi) is 6.41. The van der Waals surface area contributed by atoms with Crippen LogP contribution in [0.15, 0.2) is 12.2 Å². The standard InChI is InChI=1S/C10H19NO4P/c1-9(2)10(12)15-7-5-11(3,4)6-8-16(13)14/h1,5-8H2,2-4H3/q+1. The molecule has 92 valence electrons. The van der Waals surface area contributed by atoms with E-state index in [2.05, 4.69) is 6.58 Å². The fourth-order valence-corrected chi connectivity index (χ4v) is 1.68. The van der Waals surface area contributed by atoms with Gasteiger partial charge in [-0.2, -0.15) is 0 Å². The maximum atomic E-state index is 11.1. The van der Waals surface area contributed by atoms with Crippen LogP contribution in [0.25, 0.3) is 0 Å². The molecule has 0 heterocycles. The number of likely N-dealkylation sites (N-methyl/N-ethyl adjacent to an activating group) is 1. The summed E-state index contributed by atoms with van der Waals surface area (Å²) in [5, 5.41) is 0. The molecule has 0 rings (SSSR count). The van der Waals surface area contributed by atoms with Gasteiger partial charge in [-0.3, -0.25) is 0 Å². The number of ether oxygens (including phenoxy) is 1. The van der Waals surface area contributed by atoms with Crippen LogP contribution in [0.5, 0.6) is 0 Å². The van der Waals surface area contributed by atoms with Crippen LogP contribution in [0.4, 0.5) is 0 Å². The lowest BCUT2D eigenvalue weighted by Gasteiger charge is -2.27. The normalized spacial score (nSPS) is 12.1. The summed E-state index contributed by atoms with van der Waals surface area (Å²) in [5.41, 5.74) is 0.368. The van der Waals surface area contributed by atoms with Crippen molar-refractivity contribution in [2.45, 2.75) is 6.92 Å². The van der Waals surface area contributed by atoms with Crippen LogP contribution in [0, 0.1) is 0 Å². The van der Waals surface area contributed by atoms with Crippen LogP contribution in [0.3, 0.4) is 0 Å². The molecule has 0 aromatic rings. The largest absolute Gasteiger partial charge is 0.595 e. The number of hydrogen-bond donors (Lipinski definition) is 0. The van der Waals surface area contributed by atoms with Gasteiger partial charge < -0.3 is 14.1 Å². The van der Waals surface area contributed by atoms with Crippen molar-refractivity contribution in [2.75, 3.05) is 40.0 Å². The highest BCUT2D eigenvalue weighted by atomic mass is 31.1.